The smallest absolute Gasteiger partial charge is 0.227 e. The van der Waals surface area contributed by atoms with Crippen molar-refractivity contribution < 1.29 is 19.3 Å². The van der Waals surface area contributed by atoms with Crippen molar-refractivity contribution in [1.82, 2.24) is 25.4 Å². The van der Waals surface area contributed by atoms with Crippen LogP contribution in [0.1, 0.15) is 37.0 Å². The van der Waals surface area contributed by atoms with Gasteiger partial charge in [-0.05, 0) is 23.9 Å². The quantitative estimate of drug-likeness (QED) is 0.114. The Bertz CT molecular complexity index is 1410. The second kappa shape index (κ2) is 11.4. The summed E-state index contributed by atoms with van der Waals surface area (Å²) in [5, 5.41) is 26.9. The third-order valence-corrected chi connectivity index (χ3v) is 5.94. The molecule has 3 heterocycles. The summed E-state index contributed by atoms with van der Waals surface area (Å²) in [6.07, 6.45) is 4.24. The normalized spacial score (nSPS) is 11.4. The van der Waals surface area contributed by atoms with E-state index in [9.17, 15) is 14.8 Å². The molecule has 4 aromatic rings. The minimum Gasteiger partial charge on any atom is -0.409 e. The zero-order valence-electron chi connectivity index (χ0n) is 19.6. The molecule has 0 radical (unpaired) electrons. The van der Waals surface area contributed by atoms with Gasteiger partial charge in [0.15, 0.2) is 11.0 Å². The predicted molar refractivity (Wildman–Crippen MR) is 135 cm³/mol. The molecule has 0 atom stereocenters. The van der Waals surface area contributed by atoms with Crippen molar-refractivity contribution in [3.05, 3.63) is 47.4 Å². The highest BCUT2D eigenvalue weighted by atomic mass is 32.1. The van der Waals surface area contributed by atoms with Crippen molar-refractivity contribution in [2.45, 2.75) is 33.1 Å². The molecule has 0 fully saturated rings. The lowest BCUT2D eigenvalue weighted by atomic mass is 10.1. The zero-order valence-corrected chi connectivity index (χ0v) is 20.4. The van der Waals surface area contributed by atoms with Crippen molar-refractivity contribution in [1.29, 1.82) is 0 Å². The molecule has 13 heteroatoms. The Kier molecular flexibility index (Phi) is 7.80. The molecule has 1 aromatic carbocycles. The van der Waals surface area contributed by atoms with Gasteiger partial charge in [0.05, 0.1) is 11.1 Å². The van der Waals surface area contributed by atoms with Crippen LogP contribution >= 0.6 is 11.3 Å². The van der Waals surface area contributed by atoms with Gasteiger partial charge < -0.3 is 25.7 Å². The minimum absolute atomic E-state index is 0.00880. The molecule has 0 saturated carbocycles. The number of amidine groups is 1. The number of thiazole rings is 1. The molecule has 0 bridgehead atoms. The topological polar surface area (TPSA) is 168 Å². The highest BCUT2D eigenvalue weighted by Gasteiger charge is 2.14. The summed E-state index contributed by atoms with van der Waals surface area (Å²) in [5.41, 5.74) is 0.796. The summed E-state index contributed by atoms with van der Waals surface area (Å²) in [6.45, 7) is 3.93. The number of carbonyl (C=O) groups is 2. The molecular formula is C23H24N8O4S. The number of pyridine rings is 1. The lowest BCUT2D eigenvalue weighted by molar-refractivity contribution is -0.119. The number of carbonyl (C=O) groups excluding carboxylic acids is 2. The van der Waals surface area contributed by atoms with Crippen LogP contribution in [0.15, 0.2) is 46.3 Å². The second-order valence-electron chi connectivity index (χ2n) is 7.73. The molecule has 0 spiro atoms. The molecule has 0 aliphatic rings. The van der Waals surface area contributed by atoms with Crippen LogP contribution in [0.3, 0.4) is 0 Å². The Labute approximate surface area is 209 Å². The summed E-state index contributed by atoms with van der Waals surface area (Å²) < 4.78 is 5.07. The van der Waals surface area contributed by atoms with Gasteiger partial charge in [-0.3, -0.25) is 9.59 Å². The van der Waals surface area contributed by atoms with Crippen LogP contribution in [0.2, 0.25) is 0 Å². The highest BCUT2D eigenvalue weighted by molar-refractivity contribution is 7.17. The van der Waals surface area contributed by atoms with Crippen LogP contribution in [0.4, 0.5) is 10.9 Å². The van der Waals surface area contributed by atoms with E-state index in [0.29, 0.717) is 46.9 Å². The first-order chi connectivity index (χ1) is 17.5. The monoisotopic (exact) mass is 508 g/mol. The van der Waals surface area contributed by atoms with Gasteiger partial charge in [-0.15, -0.1) is 0 Å². The summed E-state index contributed by atoms with van der Waals surface area (Å²) in [7, 11) is 0. The molecule has 0 saturated heterocycles. The average Bonchev–Trinajstić information content (AvgIpc) is 3.51. The standard InChI is InChI=1S/C23H24N8O4S/c1-3-4-18(32)28-22(30-34)17-12-26-23(36-17)29-19(33)8-10-25-21-16-11-15(20-27-13(2)35-31-20)6-5-14(16)7-9-24-21/h5-7,9,11-12,34H,3-4,8,10H2,1-2H3,(H,24,25)(H,26,29,33)(H,28,30,32). The number of benzene rings is 1. The number of nitrogens with zero attached hydrogens (tertiary/aromatic N) is 5. The van der Waals surface area contributed by atoms with Crippen molar-refractivity contribution in [2.24, 2.45) is 5.16 Å². The predicted octanol–water partition coefficient (Wildman–Crippen LogP) is 3.54. The third kappa shape index (κ3) is 5.99. The van der Waals surface area contributed by atoms with Gasteiger partial charge in [-0.1, -0.05) is 40.7 Å². The van der Waals surface area contributed by atoms with Gasteiger partial charge in [0.2, 0.25) is 23.5 Å². The van der Waals surface area contributed by atoms with E-state index >= 15 is 0 Å². The Balaban J connectivity index is 1.35. The van der Waals surface area contributed by atoms with E-state index in [-0.39, 0.29) is 24.1 Å². The van der Waals surface area contributed by atoms with Gasteiger partial charge >= 0.3 is 0 Å². The van der Waals surface area contributed by atoms with Gasteiger partial charge in [0, 0.05) is 43.5 Å². The van der Waals surface area contributed by atoms with Crippen molar-refractivity contribution in [3.8, 4) is 11.4 Å². The molecule has 0 unspecified atom stereocenters. The molecule has 12 nitrogen and oxygen atoms in total. The van der Waals surface area contributed by atoms with E-state index in [0.717, 1.165) is 27.7 Å². The number of aryl methyl sites for hydroxylation is 1. The number of fused-ring (bicyclic) bond motifs is 1. The number of hydrogen-bond donors (Lipinski definition) is 4. The summed E-state index contributed by atoms with van der Waals surface area (Å²) in [6, 6.07) is 7.68. The van der Waals surface area contributed by atoms with E-state index in [1.807, 2.05) is 31.2 Å². The highest BCUT2D eigenvalue weighted by Crippen LogP contribution is 2.26. The second-order valence-corrected chi connectivity index (χ2v) is 8.76. The largest absolute Gasteiger partial charge is 0.409 e. The Morgan fingerprint density at radius 3 is 2.78 bits per heavy atom. The van der Waals surface area contributed by atoms with Crippen LogP contribution in [-0.4, -0.2) is 49.5 Å². The Hall–Kier alpha value is -4.39. The molecule has 3 aromatic heterocycles. The number of rotatable bonds is 9. The molecule has 186 valence electrons. The Morgan fingerprint density at radius 1 is 1.17 bits per heavy atom. The van der Waals surface area contributed by atoms with Gasteiger partial charge in [0.1, 0.15) is 5.82 Å². The SMILES string of the molecule is CCCC(=O)N/C(=N\O)c1cnc(NC(=O)CCNc2nccc3ccc(-c4noc(C)n4)cc23)s1. The van der Waals surface area contributed by atoms with E-state index in [1.54, 1.807) is 13.1 Å². The van der Waals surface area contributed by atoms with Crippen LogP contribution in [0.25, 0.3) is 22.2 Å². The zero-order chi connectivity index (χ0) is 25.5. The first-order valence-electron chi connectivity index (χ1n) is 11.2. The lowest BCUT2D eigenvalue weighted by Gasteiger charge is -2.09. The van der Waals surface area contributed by atoms with E-state index in [1.165, 1.54) is 6.20 Å². The fourth-order valence-corrected chi connectivity index (χ4v) is 4.11. The van der Waals surface area contributed by atoms with Crippen LogP contribution < -0.4 is 16.0 Å². The van der Waals surface area contributed by atoms with E-state index in [4.69, 9.17) is 4.52 Å². The molecule has 4 N–H and O–H groups in total. The maximum atomic E-state index is 12.4. The number of aromatic nitrogens is 4. The molecule has 0 aliphatic carbocycles. The van der Waals surface area contributed by atoms with Crippen LogP contribution in [0, 0.1) is 6.92 Å². The van der Waals surface area contributed by atoms with Gasteiger partial charge in [-0.25, -0.2) is 9.97 Å². The summed E-state index contributed by atoms with van der Waals surface area (Å²) >= 11 is 1.09. The average molecular weight is 509 g/mol. The maximum Gasteiger partial charge on any atom is 0.227 e. The van der Waals surface area contributed by atoms with Gasteiger partial charge in [0.25, 0.3) is 0 Å². The minimum atomic E-state index is -0.267. The van der Waals surface area contributed by atoms with Crippen molar-refractivity contribution >= 4 is 50.7 Å². The van der Waals surface area contributed by atoms with E-state index < -0.39 is 0 Å². The van der Waals surface area contributed by atoms with Gasteiger partial charge in [-0.2, -0.15) is 4.98 Å². The number of amides is 2. The van der Waals surface area contributed by atoms with Crippen molar-refractivity contribution in [2.75, 3.05) is 17.2 Å². The first kappa shape index (κ1) is 24.7. The van der Waals surface area contributed by atoms with Crippen LogP contribution in [0.5, 0.6) is 0 Å². The number of nitrogens with one attached hydrogen (secondary N) is 3. The molecule has 2 amide bonds. The Morgan fingerprint density at radius 2 is 2.03 bits per heavy atom. The van der Waals surface area contributed by atoms with E-state index in [2.05, 4.69) is 41.2 Å². The fourth-order valence-electron chi connectivity index (χ4n) is 3.34. The molecule has 36 heavy (non-hydrogen) atoms. The molecule has 0 aliphatic heterocycles. The van der Waals surface area contributed by atoms with Crippen LogP contribution in [-0.2, 0) is 9.59 Å². The number of hydrogen-bond acceptors (Lipinski definition) is 11. The maximum absolute atomic E-state index is 12.4. The molecule has 4 rings (SSSR count). The summed E-state index contributed by atoms with van der Waals surface area (Å²) in [4.78, 5) is 37.4. The lowest BCUT2D eigenvalue weighted by Crippen LogP contribution is -2.30. The fraction of sp³-hybridized carbons (Fsp3) is 0.261. The third-order valence-electron chi connectivity index (χ3n) is 5.02. The molecular weight excluding hydrogens is 484 g/mol. The first-order valence-corrected chi connectivity index (χ1v) is 12.0. The summed E-state index contributed by atoms with van der Waals surface area (Å²) in [5.74, 6) is 1.07. The number of oxime groups is 1. The number of anilines is 2. The van der Waals surface area contributed by atoms with Crippen molar-refractivity contribution in [3.63, 3.8) is 0 Å².